The highest BCUT2D eigenvalue weighted by Gasteiger charge is 2.34. The Kier molecular flexibility index (Phi) is 6.04. The molecular formula is C21H21F3N6O4. The van der Waals surface area contributed by atoms with E-state index in [4.69, 9.17) is 0 Å². The third-order valence-corrected chi connectivity index (χ3v) is 5.87. The van der Waals surface area contributed by atoms with Gasteiger partial charge in [-0.05, 0) is 37.3 Å². The number of amides is 1. The second-order valence-corrected chi connectivity index (χ2v) is 7.99. The summed E-state index contributed by atoms with van der Waals surface area (Å²) >= 11 is 0. The van der Waals surface area contributed by atoms with Gasteiger partial charge in [0.1, 0.15) is 5.69 Å². The third kappa shape index (κ3) is 4.73. The van der Waals surface area contributed by atoms with Crippen molar-refractivity contribution in [3.63, 3.8) is 0 Å². The number of H-pyrrole nitrogens is 2. The quantitative estimate of drug-likeness (QED) is 0.382. The van der Waals surface area contributed by atoms with Crippen LogP contribution in [0.1, 0.15) is 12.5 Å². The lowest BCUT2D eigenvalue weighted by Crippen LogP contribution is -2.53. The van der Waals surface area contributed by atoms with Crippen molar-refractivity contribution < 1.29 is 22.9 Å². The number of benzene rings is 2. The number of nitrogens with one attached hydrogen (secondary N) is 3. The largest absolute Gasteiger partial charge is 0.416 e. The Labute approximate surface area is 190 Å². The maximum atomic E-state index is 13.0. The average Bonchev–Trinajstić information content (AvgIpc) is 3.17. The van der Waals surface area contributed by atoms with E-state index < -0.39 is 28.4 Å². The van der Waals surface area contributed by atoms with Crippen LogP contribution in [0.4, 0.5) is 30.2 Å². The molecule has 1 fully saturated rings. The lowest BCUT2D eigenvalue weighted by molar-refractivity contribution is -0.384. The van der Waals surface area contributed by atoms with Gasteiger partial charge in [0.25, 0.3) is 5.69 Å². The smallest absolute Gasteiger partial charge is 0.363 e. The number of fused-ring (bicyclic) bond motifs is 1. The molecule has 1 aliphatic heterocycles. The second-order valence-electron chi connectivity index (χ2n) is 7.99. The molecule has 0 radical (unpaired) electrons. The first kappa shape index (κ1) is 23.3. The summed E-state index contributed by atoms with van der Waals surface area (Å²) in [4.78, 5) is 43.5. The molecule has 34 heavy (non-hydrogen) atoms. The molecule has 0 saturated carbocycles. The molecule has 13 heteroatoms. The Bertz CT molecular complexity index is 1290. The van der Waals surface area contributed by atoms with Crippen LogP contribution in [0.25, 0.3) is 11.0 Å². The molecule has 4 rings (SSSR count). The summed E-state index contributed by atoms with van der Waals surface area (Å²) in [6.07, 6.45) is -4.67. The van der Waals surface area contributed by atoms with Crippen molar-refractivity contribution in [1.82, 2.24) is 14.9 Å². The zero-order valence-electron chi connectivity index (χ0n) is 18.0. The summed E-state index contributed by atoms with van der Waals surface area (Å²) in [5.41, 5.74) is -0.229. The molecule has 1 saturated heterocycles. The highest BCUT2D eigenvalue weighted by Crippen LogP contribution is 2.36. The minimum atomic E-state index is -4.67. The minimum absolute atomic E-state index is 0.114. The number of hydrogen-bond donors (Lipinski definition) is 3. The standard InChI is InChI=1S/C21H21F3N6O4/c1-12(19(31)25-14-3-4-15-16(11-14)27-20(32)26-15)28-6-8-29(9-7-28)17-5-2-13(21(22,23)24)10-18(17)30(33)34/h2-5,10-12H,6-9H2,1H3,(H,25,31)(H2,26,27,32)/t12-/m1/s1. The van der Waals surface area contributed by atoms with E-state index in [2.05, 4.69) is 15.3 Å². The first-order chi connectivity index (χ1) is 16.0. The van der Waals surface area contributed by atoms with E-state index in [1.807, 2.05) is 4.90 Å². The van der Waals surface area contributed by atoms with Gasteiger partial charge < -0.3 is 20.2 Å². The number of aromatic nitrogens is 2. The molecule has 0 aliphatic carbocycles. The van der Waals surface area contributed by atoms with Gasteiger partial charge in [-0.15, -0.1) is 0 Å². The lowest BCUT2D eigenvalue weighted by Gasteiger charge is -2.38. The van der Waals surface area contributed by atoms with Gasteiger partial charge in [-0.3, -0.25) is 19.8 Å². The molecule has 0 unspecified atom stereocenters. The van der Waals surface area contributed by atoms with Gasteiger partial charge in [0.2, 0.25) is 5.91 Å². The Morgan fingerprint density at radius 2 is 1.76 bits per heavy atom. The van der Waals surface area contributed by atoms with Crippen molar-refractivity contribution in [2.75, 3.05) is 36.4 Å². The second kappa shape index (κ2) is 8.82. The lowest BCUT2D eigenvalue weighted by atomic mass is 10.1. The molecule has 0 spiro atoms. The Morgan fingerprint density at radius 3 is 2.41 bits per heavy atom. The topological polar surface area (TPSA) is 127 Å². The number of carbonyl (C=O) groups is 1. The number of hydrogen-bond acceptors (Lipinski definition) is 6. The Hall–Kier alpha value is -3.87. The van der Waals surface area contributed by atoms with Gasteiger partial charge in [0.15, 0.2) is 0 Å². The fraction of sp³-hybridized carbons (Fsp3) is 0.333. The highest BCUT2D eigenvalue weighted by molar-refractivity contribution is 5.96. The van der Waals surface area contributed by atoms with E-state index in [1.165, 1.54) is 0 Å². The minimum Gasteiger partial charge on any atom is -0.363 e. The van der Waals surface area contributed by atoms with E-state index in [0.717, 1.165) is 12.1 Å². The van der Waals surface area contributed by atoms with Crippen molar-refractivity contribution in [3.8, 4) is 0 Å². The Morgan fingerprint density at radius 1 is 1.09 bits per heavy atom. The maximum absolute atomic E-state index is 13.0. The molecule has 0 bridgehead atoms. The molecule has 1 aliphatic rings. The van der Waals surface area contributed by atoms with Gasteiger partial charge in [0, 0.05) is 37.9 Å². The molecule has 1 atom stereocenters. The number of piperazine rings is 1. The van der Waals surface area contributed by atoms with Crippen LogP contribution in [-0.2, 0) is 11.0 Å². The molecule has 10 nitrogen and oxygen atoms in total. The number of nitrogens with zero attached hydrogens (tertiary/aromatic N) is 3. The zero-order valence-corrected chi connectivity index (χ0v) is 18.0. The van der Waals surface area contributed by atoms with Crippen molar-refractivity contribution in [3.05, 3.63) is 62.6 Å². The number of anilines is 2. The number of carbonyl (C=O) groups excluding carboxylic acids is 1. The molecule has 1 aromatic heterocycles. The third-order valence-electron chi connectivity index (χ3n) is 5.87. The maximum Gasteiger partial charge on any atom is 0.416 e. The molecule has 2 aromatic carbocycles. The predicted octanol–water partition coefficient (Wildman–Crippen LogP) is 2.93. The van der Waals surface area contributed by atoms with Gasteiger partial charge in [-0.2, -0.15) is 13.2 Å². The van der Waals surface area contributed by atoms with Crippen LogP contribution in [-0.4, -0.2) is 57.9 Å². The number of nitro groups is 1. The number of alkyl halides is 3. The van der Waals surface area contributed by atoms with E-state index >= 15 is 0 Å². The molecule has 1 amide bonds. The van der Waals surface area contributed by atoms with Crippen LogP contribution >= 0.6 is 0 Å². The number of rotatable bonds is 5. The average molecular weight is 478 g/mol. The molecule has 3 N–H and O–H groups in total. The highest BCUT2D eigenvalue weighted by atomic mass is 19.4. The monoisotopic (exact) mass is 478 g/mol. The van der Waals surface area contributed by atoms with Crippen LogP contribution in [0.15, 0.2) is 41.2 Å². The fourth-order valence-corrected chi connectivity index (χ4v) is 3.99. The number of nitro benzene ring substituents is 1. The normalized spacial score (nSPS) is 15.9. The summed E-state index contributed by atoms with van der Waals surface area (Å²) in [7, 11) is 0. The van der Waals surface area contributed by atoms with E-state index in [-0.39, 0.29) is 17.3 Å². The molecule has 3 aromatic rings. The van der Waals surface area contributed by atoms with Crippen molar-refractivity contribution in [2.45, 2.75) is 19.1 Å². The van der Waals surface area contributed by atoms with E-state index in [9.17, 15) is 32.9 Å². The summed E-state index contributed by atoms with van der Waals surface area (Å²) in [5.74, 6) is -0.272. The molecule has 2 heterocycles. The van der Waals surface area contributed by atoms with E-state index in [1.54, 1.807) is 30.0 Å². The number of halogens is 3. The van der Waals surface area contributed by atoms with Gasteiger partial charge >= 0.3 is 11.9 Å². The van der Waals surface area contributed by atoms with E-state index in [0.29, 0.717) is 49.0 Å². The van der Waals surface area contributed by atoms with Crippen LogP contribution in [0.2, 0.25) is 0 Å². The number of imidazole rings is 1. The van der Waals surface area contributed by atoms with Gasteiger partial charge in [0.05, 0.1) is 27.6 Å². The van der Waals surface area contributed by atoms with Crippen LogP contribution in [0.3, 0.4) is 0 Å². The first-order valence-corrected chi connectivity index (χ1v) is 10.4. The summed E-state index contributed by atoms with van der Waals surface area (Å²) < 4.78 is 38.9. The van der Waals surface area contributed by atoms with Crippen LogP contribution in [0.5, 0.6) is 0 Å². The van der Waals surface area contributed by atoms with Crippen molar-refractivity contribution in [1.29, 1.82) is 0 Å². The SMILES string of the molecule is C[C@H](C(=O)Nc1ccc2[nH]c(=O)[nH]c2c1)N1CCN(c2ccc(C(F)(F)F)cc2[N+](=O)[O-])CC1. The predicted molar refractivity (Wildman–Crippen MR) is 119 cm³/mol. The van der Waals surface area contributed by atoms with Gasteiger partial charge in [-0.25, -0.2) is 4.79 Å². The summed E-state index contributed by atoms with van der Waals surface area (Å²) in [6.45, 7) is 3.11. The fourth-order valence-electron chi connectivity index (χ4n) is 3.99. The van der Waals surface area contributed by atoms with Crippen LogP contribution < -0.4 is 15.9 Å². The van der Waals surface area contributed by atoms with Gasteiger partial charge in [-0.1, -0.05) is 0 Å². The summed E-state index contributed by atoms with van der Waals surface area (Å²) in [5, 5.41) is 14.2. The molecular weight excluding hydrogens is 457 g/mol. The van der Waals surface area contributed by atoms with Crippen LogP contribution in [0, 0.1) is 10.1 Å². The molecule has 180 valence electrons. The zero-order chi connectivity index (χ0) is 24.6. The first-order valence-electron chi connectivity index (χ1n) is 10.4. The van der Waals surface area contributed by atoms with Crippen molar-refractivity contribution in [2.24, 2.45) is 0 Å². The Balaban J connectivity index is 1.41. The summed E-state index contributed by atoms with van der Waals surface area (Å²) in [6, 6.07) is 6.95. The van der Waals surface area contributed by atoms with Crippen molar-refractivity contribution >= 4 is 34.0 Å². The number of aromatic amines is 2.